The van der Waals surface area contributed by atoms with Gasteiger partial charge < -0.3 is 9.52 Å². The van der Waals surface area contributed by atoms with Crippen molar-refractivity contribution in [2.24, 2.45) is 29.1 Å². The molecule has 0 spiro atoms. The number of hydrogen-bond acceptors (Lipinski definition) is 7. The normalized spacial score (nSPS) is 30.4. The van der Waals surface area contributed by atoms with Crippen LogP contribution < -0.4 is 4.90 Å². The lowest BCUT2D eigenvalue weighted by molar-refractivity contribution is -0.144. The molecule has 3 aliphatic heterocycles. The third-order valence-electron chi connectivity index (χ3n) is 11.8. The predicted molar refractivity (Wildman–Crippen MR) is 177 cm³/mol. The number of rotatable bonds is 6. The lowest BCUT2D eigenvalue weighted by Gasteiger charge is -2.48. The molecule has 4 heterocycles. The number of furan rings is 1. The Labute approximate surface area is 288 Å². The molecule has 5 aliphatic rings. The lowest BCUT2D eigenvalue weighted by atomic mass is 9.52. The Morgan fingerprint density at radius 1 is 0.959 bits per heavy atom. The molecular weight excluding hydrogens is 649 g/mol. The molecule has 1 N–H and O–H groups in total. The summed E-state index contributed by atoms with van der Waals surface area (Å²) in [4.78, 5) is 62.2. The number of aliphatic hydroxyl groups is 1. The van der Waals surface area contributed by atoms with Crippen LogP contribution >= 0.6 is 11.6 Å². The highest BCUT2D eigenvalue weighted by atomic mass is 35.5. The Bertz CT molecular complexity index is 1890. The minimum Gasteiger partial charge on any atom is -0.463 e. The number of anilines is 1. The van der Waals surface area contributed by atoms with E-state index in [2.05, 4.69) is 17.0 Å². The first-order chi connectivity index (χ1) is 23.6. The molecular formula is C38H37ClFN3O6. The lowest BCUT2D eigenvalue weighted by Crippen LogP contribution is -2.49. The summed E-state index contributed by atoms with van der Waals surface area (Å²) in [6, 6.07) is 17.1. The Kier molecular flexibility index (Phi) is 7.89. The number of fused-ring (bicyclic) bond motifs is 4. The zero-order valence-electron chi connectivity index (χ0n) is 27.1. The van der Waals surface area contributed by atoms with Crippen LogP contribution in [-0.2, 0) is 32.3 Å². The molecule has 2 aliphatic carbocycles. The summed E-state index contributed by atoms with van der Waals surface area (Å²) >= 11 is 6.08. The van der Waals surface area contributed by atoms with Crippen LogP contribution in [0.1, 0.15) is 55.6 Å². The predicted octanol–water partition coefficient (Wildman–Crippen LogP) is 5.46. The summed E-state index contributed by atoms with van der Waals surface area (Å²) < 4.78 is 20.2. The van der Waals surface area contributed by atoms with E-state index >= 15 is 0 Å². The van der Waals surface area contributed by atoms with Gasteiger partial charge in [-0.15, -0.1) is 0 Å². The van der Waals surface area contributed by atoms with Crippen molar-refractivity contribution in [1.82, 2.24) is 9.80 Å². The number of benzene rings is 2. The van der Waals surface area contributed by atoms with Crippen molar-refractivity contribution in [3.8, 4) is 0 Å². The van der Waals surface area contributed by atoms with E-state index in [4.69, 9.17) is 16.0 Å². The quantitative estimate of drug-likeness (QED) is 0.271. The number of likely N-dealkylation sites (tertiary alicyclic amines) is 2. The minimum atomic E-state index is -1.31. The van der Waals surface area contributed by atoms with Gasteiger partial charge in [0.05, 0.1) is 39.8 Å². The smallest absolute Gasteiger partial charge is 0.241 e. The summed E-state index contributed by atoms with van der Waals surface area (Å²) in [5.41, 5.74) is 0.883. The third kappa shape index (κ3) is 4.94. The standard InChI is InChI=1S/C38H37ClFN3O6/c1-38-28(35(46)43(37(38)48)23-7-11-30(40)29(39)17-23)18-27-25(33(38)31-12-8-24(20-44)49-31)9-10-26-32(27)36(47)42(34(26)45)22-13-15-41(16-14-22)19-21-5-3-2-4-6-21/h2-9,11-12,17,22,26-28,32-33,44H,10,13-16,18-20H2,1H3. The second-order valence-electron chi connectivity index (χ2n) is 14.3. The fourth-order valence-electron chi connectivity index (χ4n) is 9.38. The average molecular weight is 686 g/mol. The highest BCUT2D eigenvalue weighted by molar-refractivity contribution is 6.31. The maximum Gasteiger partial charge on any atom is 0.241 e. The van der Waals surface area contributed by atoms with Gasteiger partial charge >= 0.3 is 0 Å². The molecule has 3 saturated heterocycles. The van der Waals surface area contributed by atoms with Gasteiger partial charge in [-0.2, -0.15) is 0 Å². The summed E-state index contributed by atoms with van der Waals surface area (Å²) in [6.45, 7) is 3.75. The van der Waals surface area contributed by atoms with Gasteiger partial charge in [-0.3, -0.25) is 29.0 Å². The number of amides is 4. The number of imide groups is 2. The van der Waals surface area contributed by atoms with Gasteiger partial charge in [0.1, 0.15) is 23.9 Å². The fraction of sp³-hybridized carbons (Fsp3) is 0.421. The molecule has 254 valence electrons. The molecule has 49 heavy (non-hydrogen) atoms. The van der Waals surface area contributed by atoms with Crippen LogP contribution in [0, 0.1) is 34.9 Å². The van der Waals surface area contributed by atoms with Crippen molar-refractivity contribution < 1.29 is 33.1 Å². The van der Waals surface area contributed by atoms with E-state index < -0.39 is 52.6 Å². The molecule has 6 atom stereocenters. The monoisotopic (exact) mass is 685 g/mol. The second-order valence-corrected chi connectivity index (χ2v) is 14.7. The molecule has 1 saturated carbocycles. The van der Waals surface area contributed by atoms with Crippen molar-refractivity contribution in [2.75, 3.05) is 18.0 Å². The molecule has 0 radical (unpaired) electrons. The Morgan fingerprint density at radius 3 is 2.41 bits per heavy atom. The van der Waals surface area contributed by atoms with Crippen LogP contribution in [-0.4, -0.2) is 57.7 Å². The molecule has 9 nitrogen and oxygen atoms in total. The first-order valence-electron chi connectivity index (χ1n) is 17.0. The van der Waals surface area contributed by atoms with Crippen LogP contribution in [0.5, 0.6) is 0 Å². The summed E-state index contributed by atoms with van der Waals surface area (Å²) in [7, 11) is 0. The first kappa shape index (κ1) is 32.1. The zero-order valence-corrected chi connectivity index (χ0v) is 27.8. The SMILES string of the molecule is CC12C(=O)N(c3ccc(F)c(Cl)c3)C(=O)C1CC1C(=CCC3C(=O)N(C4CCN(Cc5ccccc5)CC4)C(=O)C31)C2c1ccc(CO)o1. The number of carbonyl (C=O) groups is 4. The Morgan fingerprint density at radius 2 is 1.71 bits per heavy atom. The summed E-state index contributed by atoms with van der Waals surface area (Å²) in [5, 5.41) is 9.61. The van der Waals surface area contributed by atoms with E-state index in [-0.39, 0.29) is 41.6 Å². The van der Waals surface area contributed by atoms with Gasteiger partial charge in [0.25, 0.3) is 0 Å². The molecule has 3 aromatic rings. The van der Waals surface area contributed by atoms with Crippen molar-refractivity contribution in [3.63, 3.8) is 0 Å². The van der Waals surface area contributed by atoms with Gasteiger partial charge in [0.15, 0.2) is 0 Å². The van der Waals surface area contributed by atoms with E-state index in [0.29, 0.717) is 30.8 Å². The van der Waals surface area contributed by atoms with Crippen LogP contribution in [0.3, 0.4) is 0 Å². The van der Waals surface area contributed by atoms with Crippen LogP contribution in [0.15, 0.2) is 76.7 Å². The minimum absolute atomic E-state index is 0.159. The third-order valence-corrected chi connectivity index (χ3v) is 12.1. The Hall–Kier alpha value is -4.12. The summed E-state index contributed by atoms with van der Waals surface area (Å²) in [6.07, 6.45) is 3.90. The van der Waals surface area contributed by atoms with E-state index in [1.165, 1.54) is 22.6 Å². The van der Waals surface area contributed by atoms with E-state index in [1.54, 1.807) is 19.1 Å². The molecule has 11 heteroatoms. The molecule has 1 aromatic heterocycles. The number of piperidine rings is 1. The topological polar surface area (TPSA) is 111 Å². The number of aliphatic hydroxyl groups excluding tert-OH is 1. The number of halogens is 2. The van der Waals surface area contributed by atoms with Crippen molar-refractivity contribution >= 4 is 40.9 Å². The Balaban J connectivity index is 1.11. The first-order valence-corrected chi connectivity index (χ1v) is 17.4. The van der Waals surface area contributed by atoms with Gasteiger partial charge in [-0.25, -0.2) is 9.29 Å². The summed E-state index contributed by atoms with van der Waals surface area (Å²) in [5.74, 6) is -4.52. The van der Waals surface area contributed by atoms with Crippen LogP contribution in [0.2, 0.25) is 5.02 Å². The highest BCUT2D eigenvalue weighted by Crippen LogP contribution is 2.64. The maximum atomic E-state index is 14.5. The van der Waals surface area contributed by atoms with Crippen LogP contribution in [0.4, 0.5) is 10.1 Å². The number of allylic oxidation sites excluding steroid dienone is 2. The average Bonchev–Trinajstić information content (AvgIpc) is 3.73. The zero-order chi connectivity index (χ0) is 34.2. The molecule has 4 amide bonds. The molecule has 4 fully saturated rings. The molecule has 0 bridgehead atoms. The van der Waals surface area contributed by atoms with Gasteiger partial charge in [-0.1, -0.05) is 53.6 Å². The molecule has 8 rings (SSSR count). The molecule has 2 aromatic carbocycles. The van der Waals surface area contributed by atoms with Crippen molar-refractivity contribution in [1.29, 1.82) is 0 Å². The van der Waals surface area contributed by atoms with Gasteiger partial charge in [0.2, 0.25) is 23.6 Å². The van der Waals surface area contributed by atoms with Crippen molar-refractivity contribution in [2.45, 2.75) is 57.7 Å². The second kappa shape index (κ2) is 12.0. The van der Waals surface area contributed by atoms with Gasteiger partial charge in [-0.05, 0) is 74.4 Å². The number of nitrogens with zero attached hydrogens (tertiary/aromatic N) is 3. The van der Waals surface area contributed by atoms with Crippen molar-refractivity contribution in [3.05, 3.63) is 100 Å². The van der Waals surface area contributed by atoms with Gasteiger partial charge in [0, 0.05) is 25.7 Å². The maximum absolute atomic E-state index is 14.5. The van der Waals surface area contributed by atoms with E-state index in [0.717, 1.165) is 36.2 Å². The highest BCUT2D eigenvalue weighted by Gasteiger charge is 2.68. The van der Waals surface area contributed by atoms with Crippen LogP contribution in [0.25, 0.3) is 0 Å². The molecule has 6 unspecified atom stereocenters. The van der Waals surface area contributed by atoms with E-state index in [9.17, 15) is 28.7 Å². The largest absolute Gasteiger partial charge is 0.463 e. The fourth-order valence-corrected chi connectivity index (χ4v) is 9.56. The number of hydrogen-bond donors (Lipinski definition) is 1. The van der Waals surface area contributed by atoms with E-state index in [1.807, 2.05) is 24.3 Å². The number of carbonyl (C=O) groups excluding carboxylic acids is 4.